The lowest BCUT2D eigenvalue weighted by atomic mass is 10.4. The highest BCUT2D eigenvalue weighted by atomic mass is 32.1. The first-order valence-electron chi connectivity index (χ1n) is 3.91. The van der Waals surface area contributed by atoms with Crippen LogP contribution in [0, 0.1) is 6.92 Å². The van der Waals surface area contributed by atoms with Crippen molar-refractivity contribution in [1.82, 2.24) is 4.98 Å². The molecule has 1 aromatic rings. The molecule has 0 aliphatic carbocycles. The molecule has 0 aliphatic rings. The van der Waals surface area contributed by atoms with Gasteiger partial charge >= 0.3 is 5.97 Å². The number of carbonyl (C=O) groups is 1. The van der Waals surface area contributed by atoms with Gasteiger partial charge in [-0.05, 0) is 13.8 Å². The summed E-state index contributed by atoms with van der Waals surface area (Å²) in [5.41, 5.74) is 0.825. The van der Waals surface area contributed by atoms with Crippen LogP contribution in [0.25, 0.3) is 0 Å². The highest BCUT2D eigenvalue weighted by Crippen LogP contribution is 2.21. The summed E-state index contributed by atoms with van der Waals surface area (Å²) in [7, 11) is 0. The third kappa shape index (κ3) is 2.50. The summed E-state index contributed by atoms with van der Waals surface area (Å²) in [5.74, 6) is -0.990. The predicted molar refractivity (Wildman–Crippen MR) is 48.9 cm³/mol. The first-order chi connectivity index (χ1) is 6.15. The molecule has 4 nitrogen and oxygen atoms in total. The predicted octanol–water partition coefficient (Wildman–Crippen LogP) is 1.61. The molecule has 13 heavy (non-hydrogen) atoms. The minimum absolute atomic E-state index is 0.371. The number of aromatic nitrogens is 1. The van der Waals surface area contributed by atoms with E-state index in [0.717, 1.165) is 5.69 Å². The Morgan fingerprint density at radius 1 is 1.85 bits per heavy atom. The Kier molecular flexibility index (Phi) is 3.39. The maximum atomic E-state index is 10.7. The van der Waals surface area contributed by atoms with E-state index in [4.69, 9.17) is 9.84 Å². The molecular formula is C8H11NO3S. The Morgan fingerprint density at radius 3 is 2.92 bits per heavy atom. The zero-order chi connectivity index (χ0) is 9.84. The van der Waals surface area contributed by atoms with Gasteiger partial charge in [0.25, 0.3) is 0 Å². The number of carboxylic acids is 1. The Balaban J connectivity index is 2.81. The number of thiazole rings is 1. The molecule has 1 atom stereocenters. The standard InChI is InChI=1S/C8H11NO3S/c1-3-12-6(8(10)11)7-9-5(2)4-13-7/h4,6H,3H2,1-2H3,(H,10,11). The number of carboxylic acid groups (broad SMARTS) is 1. The quantitative estimate of drug-likeness (QED) is 0.804. The topological polar surface area (TPSA) is 59.4 Å². The summed E-state index contributed by atoms with van der Waals surface area (Å²) in [6, 6.07) is 0. The molecule has 0 aromatic carbocycles. The van der Waals surface area contributed by atoms with Gasteiger partial charge in [-0.3, -0.25) is 0 Å². The van der Waals surface area contributed by atoms with Gasteiger partial charge in [0.05, 0.1) is 0 Å². The highest BCUT2D eigenvalue weighted by Gasteiger charge is 2.22. The summed E-state index contributed by atoms with van der Waals surface area (Å²) < 4.78 is 5.05. The lowest BCUT2D eigenvalue weighted by Crippen LogP contribution is -2.15. The highest BCUT2D eigenvalue weighted by molar-refractivity contribution is 7.09. The van der Waals surface area contributed by atoms with Gasteiger partial charge in [0.1, 0.15) is 5.01 Å². The van der Waals surface area contributed by atoms with Crippen LogP contribution in [0.15, 0.2) is 5.38 Å². The van der Waals surface area contributed by atoms with Crippen LogP contribution in [0.4, 0.5) is 0 Å². The van der Waals surface area contributed by atoms with E-state index in [2.05, 4.69) is 4.98 Å². The third-order valence-corrected chi connectivity index (χ3v) is 2.42. The lowest BCUT2D eigenvalue weighted by Gasteiger charge is -2.08. The normalized spacial score (nSPS) is 12.8. The molecule has 1 unspecified atom stereocenters. The molecule has 1 N–H and O–H groups in total. The van der Waals surface area contributed by atoms with Crippen LogP contribution in [-0.2, 0) is 9.53 Å². The largest absolute Gasteiger partial charge is 0.479 e. The Bertz CT molecular complexity index is 297. The molecule has 0 aliphatic heterocycles. The summed E-state index contributed by atoms with van der Waals surface area (Å²) >= 11 is 1.31. The van der Waals surface area contributed by atoms with Crippen molar-refractivity contribution >= 4 is 17.3 Å². The monoisotopic (exact) mass is 201 g/mol. The molecule has 0 radical (unpaired) electrons. The van der Waals surface area contributed by atoms with Gasteiger partial charge < -0.3 is 9.84 Å². The molecular weight excluding hydrogens is 190 g/mol. The van der Waals surface area contributed by atoms with Crippen molar-refractivity contribution in [2.45, 2.75) is 20.0 Å². The first-order valence-corrected chi connectivity index (χ1v) is 4.79. The van der Waals surface area contributed by atoms with Gasteiger partial charge in [0, 0.05) is 17.7 Å². The van der Waals surface area contributed by atoms with E-state index in [1.165, 1.54) is 11.3 Å². The van der Waals surface area contributed by atoms with E-state index in [-0.39, 0.29) is 0 Å². The van der Waals surface area contributed by atoms with Crippen molar-refractivity contribution in [2.24, 2.45) is 0 Å². The maximum Gasteiger partial charge on any atom is 0.340 e. The number of aryl methyl sites for hydroxylation is 1. The fourth-order valence-electron chi connectivity index (χ4n) is 0.907. The molecule has 1 heterocycles. The van der Waals surface area contributed by atoms with E-state index in [9.17, 15) is 4.79 Å². The van der Waals surface area contributed by atoms with Crippen molar-refractivity contribution in [3.8, 4) is 0 Å². The third-order valence-electron chi connectivity index (χ3n) is 1.42. The number of hydrogen-bond donors (Lipinski definition) is 1. The first kappa shape index (κ1) is 10.1. The van der Waals surface area contributed by atoms with E-state index in [0.29, 0.717) is 11.6 Å². The van der Waals surface area contributed by atoms with Crippen molar-refractivity contribution < 1.29 is 14.6 Å². The molecule has 0 saturated carbocycles. The molecule has 0 saturated heterocycles. The fraction of sp³-hybridized carbons (Fsp3) is 0.500. The van der Waals surface area contributed by atoms with Gasteiger partial charge in [-0.1, -0.05) is 0 Å². The minimum Gasteiger partial charge on any atom is -0.479 e. The minimum atomic E-state index is -0.990. The Hall–Kier alpha value is -0.940. The van der Waals surface area contributed by atoms with E-state index < -0.39 is 12.1 Å². The van der Waals surface area contributed by atoms with E-state index in [1.54, 1.807) is 6.92 Å². The van der Waals surface area contributed by atoms with E-state index in [1.807, 2.05) is 12.3 Å². The van der Waals surface area contributed by atoms with Gasteiger partial charge in [-0.2, -0.15) is 0 Å². The van der Waals surface area contributed by atoms with Crippen LogP contribution >= 0.6 is 11.3 Å². The van der Waals surface area contributed by atoms with Crippen LogP contribution in [0.1, 0.15) is 23.7 Å². The van der Waals surface area contributed by atoms with Crippen LogP contribution in [0.5, 0.6) is 0 Å². The number of hydrogen-bond acceptors (Lipinski definition) is 4. The average Bonchev–Trinajstić information content (AvgIpc) is 2.46. The molecule has 1 rings (SSSR count). The van der Waals surface area contributed by atoms with Crippen LogP contribution < -0.4 is 0 Å². The molecule has 5 heteroatoms. The Labute approximate surface area is 80.2 Å². The second-order valence-electron chi connectivity index (χ2n) is 2.50. The zero-order valence-corrected chi connectivity index (χ0v) is 8.30. The molecule has 0 fully saturated rings. The summed E-state index contributed by atoms with van der Waals surface area (Å²) in [5, 5.41) is 11.1. The fourth-order valence-corrected chi connectivity index (χ4v) is 1.74. The van der Waals surface area contributed by atoms with Crippen LogP contribution in [0.3, 0.4) is 0 Å². The summed E-state index contributed by atoms with van der Waals surface area (Å²) in [6.45, 7) is 3.96. The average molecular weight is 201 g/mol. The Morgan fingerprint density at radius 2 is 2.54 bits per heavy atom. The van der Waals surface area contributed by atoms with Gasteiger partial charge in [-0.15, -0.1) is 11.3 Å². The number of ether oxygens (including phenoxy) is 1. The van der Waals surface area contributed by atoms with Crippen molar-refractivity contribution in [3.05, 3.63) is 16.1 Å². The zero-order valence-electron chi connectivity index (χ0n) is 7.48. The smallest absolute Gasteiger partial charge is 0.340 e. The molecule has 0 amide bonds. The SMILES string of the molecule is CCOC(C(=O)O)c1nc(C)cs1. The van der Waals surface area contributed by atoms with Gasteiger partial charge in [0.2, 0.25) is 6.10 Å². The number of nitrogens with zero attached hydrogens (tertiary/aromatic N) is 1. The summed E-state index contributed by atoms with van der Waals surface area (Å²) in [4.78, 5) is 14.8. The van der Waals surface area contributed by atoms with Gasteiger partial charge in [0.15, 0.2) is 0 Å². The molecule has 0 spiro atoms. The second kappa shape index (κ2) is 4.34. The van der Waals surface area contributed by atoms with Gasteiger partial charge in [-0.25, -0.2) is 9.78 Å². The number of aliphatic carboxylic acids is 1. The van der Waals surface area contributed by atoms with Crippen molar-refractivity contribution in [2.75, 3.05) is 6.61 Å². The van der Waals surface area contributed by atoms with Crippen LogP contribution in [0.2, 0.25) is 0 Å². The molecule has 1 aromatic heterocycles. The summed E-state index contributed by atoms with van der Waals surface area (Å²) in [6.07, 6.45) is -0.913. The maximum absolute atomic E-state index is 10.7. The van der Waals surface area contributed by atoms with Crippen molar-refractivity contribution in [1.29, 1.82) is 0 Å². The van der Waals surface area contributed by atoms with Crippen LogP contribution in [-0.4, -0.2) is 22.7 Å². The second-order valence-corrected chi connectivity index (χ2v) is 3.39. The molecule has 0 bridgehead atoms. The van der Waals surface area contributed by atoms with E-state index >= 15 is 0 Å². The molecule has 72 valence electrons. The number of rotatable bonds is 4. The lowest BCUT2D eigenvalue weighted by molar-refractivity contribution is -0.150. The van der Waals surface area contributed by atoms with Crippen molar-refractivity contribution in [3.63, 3.8) is 0 Å².